The molecule has 1 unspecified atom stereocenters. The highest BCUT2D eigenvalue weighted by Gasteiger charge is 2.21. The molecule has 0 aromatic carbocycles. The molecule has 0 radical (unpaired) electrons. The van der Waals surface area contributed by atoms with Crippen LogP contribution < -0.4 is 9.80 Å². The van der Waals surface area contributed by atoms with E-state index in [1.54, 1.807) is 0 Å². The third-order valence-electron chi connectivity index (χ3n) is 5.38. The molecule has 4 rings (SSSR count). The van der Waals surface area contributed by atoms with E-state index in [1.165, 1.54) is 12.0 Å². The van der Waals surface area contributed by atoms with Crippen molar-refractivity contribution in [1.29, 1.82) is 0 Å². The first kappa shape index (κ1) is 16.8. The zero-order valence-electron chi connectivity index (χ0n) is 16.0. The van der Waals surface area contributed by atoms with Crippen molar-refractivity contribution < 1.29 is 0 Å². The first-order valence-electron chi connectivity index (χ1n) is 9.31. The molecule has 0 spiro atoms. The molecule has 6 heteroatoms. The molecule has 3 aromatic heterocycles. The zero-order chi connectivity index (χ0) is 18.3. The number of anilines is 3. The maximum Gasteiger partial charge on any atom is 0.134 e. The van der Waals surface area contributed by atoms with Gasteiger partial charge in [0, 0.05) is 33.3 Å². The van der Waals surface area contributed by atoms with Crippen molar-refractivity contribution in [2.75, 3.05) is 29.9 Å². The van der Waals surface area contributed by atoms with Crippen molar-refractivity contribution in [1.82, 2.24) is 19.5 Å². The lowest BCUT2D eigenvalue weighted by Crippen LogP contribution is -2.21. The Morgan fingerprint density at radius 1 is 1.19 bits per heavy atom. The van der Waals surface area contributed by atoms with Gasteiger partial charge in [0.2, 0.25) is 0 Å². The molecule has 0 bridgehead atoms. The molecule has 136 valence electrons. The summed E-state index contributed by atoms with van der Waals surface area (Å²) in [6.45, 7) is 6.71. The van der Waals surface area contributed by atoms with Crippen molar-refractivity contribution in [2.45, 2.75) is 26.7 Å². The number of nitrogens with zero attached hydrogens (tertiary/aromatic N) is 6. The van der Waals surface area contributed by atoms with E-state index in [0.717, 1.165) is 53.8 Å². The molecule has 1 aliphatic rings. The summed E-state index contributed by atoms with van der Waals surface area (Å²) in [6, 6.07) is 4.32. The molecule has 4 heterocycles. The third kappa shape index (κ3) is 2.89. The Bertz CT molecular complexity index is 931. The van der Waals surface area contributed by atoms with Crippen LogP contribution in [0.4, 0.5) is 17.3 Å². The lowest BCUT2D eigenvalue weighted by Gasteiger charge is -2.24. The molecule has 0 N–H and O–H groups in total. The monoisotopic (exact) mass is 350 g/mol. The van der Waals surface area contributed by atoms with Gasteiger partial charge in [-0.15, -0.1) is 0 Å². The van der Waals surface area contributed by atoms with E-state index in [1.807, 2.05) is 30.3 Å². The second-order valence-corrected chi connectivity index (χ2v) is 7.31. The highest BCUT2D eigenvalue weighted by atomic mass is 15.2. The minimum absolute atomic E-state index is 0.749. The first-order chi connectivity index (χ1) is 12.6. The second-order valence-electron chi connectivity index (χ2n) is 7.31. The number of aryl methyl sites for hydroxylation is 2. The number of pyridine rings is 2. The summed E-state index contributed by atoms with van der Waals surface area (Å²) in [4.78, 5) is 18.2. The summed E-state index contributed by atoms with van der Waals surface area (Å²) < 4.78 is 2.02. The van der Waals surface area contributed by atoms with Gasteiger partial charge in [0.25, 0.3) is 0 Å². The van der Waals surface area contributed by atoms with Crippen LogP contribution in [0.3, 0.4) is 0 Å². The highest BCUT2D eigenvalue weighted by Crippen LogP contribution is 2.31. The van der Waals surface area contributed by atoms with Crippen LogP contribution in [-0.4, -0.2) is 39.7 Å². The quantitative estimate of drug-likeness (QED) is 0.720. The van der Waals surface area contributed by atoms with E-state index in [-0.39, 0.29) is 0 Å². The van der Waals surface area contributed by atoms with Crippen LogP contribution in [0.25, 0.3) is 11.0 Å². The van der Waals surface area contributed by atoms with Gasteiger partial charge in [0.15, 0.2) is 0 Å². The van der Waals surface area contributed by atoms with E-state index in [0.29, 0.717) is 0 Å². The maximum absolute atomic E-state index is 4.76. The van der Waals surface area contributed by atoms with Gasteiger partial charge < -0.3 is 14.4 Å². The zero-order valence-corrected chi connectivity index (χ0v) is 16.0. The second kappa shape index (κ2) is 6.59. The SMILES string of the molecule is CCc1cc(N2CCC(C)C2)ncc1N(C)c1cc2c(cn1)ncn2C. The predicted molar refractivity (Wildman–Crippen MR) is 106 cm³/mol. The van der Waals surface area contributed by atoms with E-state index in [9.17, 15) is 0 Å². The summed E-state index contributed by atoms with van der Waals surface area (Å²) >= 11 is 0. The van der Waals surface area contributed by atoms with Crippen molar-refractivity contribution in [3.05, 3.63) is 36.4 Å². The van der Waals surface area contributed by atoms with Crippen LogP contribution in [0, 0.1) is 5.92 Å². The fourth-order valence-corrected chi connectivity index (χ4v) is 3.71. The van der Waals surface area contributed by atoms with Gasteiger partial charge >= 0.3 is 0 Å². The van der Waals surface area contributed by atoms with Gasteiger partial charge in [-0.2, -0.15) is 0 Å². The lowest BCUT2D eigenvalue weighted by atomic mass is 10.1. The van der Waals surface area contributed by atoms with Crippen LogP contribution >= 0.6 is 0 Å². The molecule has 1 aliphatic heterocycles. The first-order valence-corrected chi connectivity index (χ1v) is 9.31. The van der Waals surface area contributed by atoms with Gasteiger partial charge in [-0.3, -0.25) is 0 Å². The Morgan fingerprint density at radius 2 is 2.04 bits per heavy atom. The molecule has 1 atom stereocenters. The summed E-state index contributed by atoms with van der Waals surface area (Å²) in [7, 11) is 4.06. The highest BCUT2D eigenvalue weighted by molar-refractivity contribution is 5.79. The topological polar surface area (TPSA) is 50.1 Å². The average molecular weight is 350 g/mol. The Morgan fingerprint density at radius 3 is 2.77 bits per heavy atom. The number of hydrogen-bond acceptors (Lipinski definition) is 5. The van der Waals surface area contributed by atoms with Crippen LogP contribution in [0.2, 0.25) is 0 Å². The van der Waals surface area contributed by atoms with Gasteiger partial charge in [-0.1, -0.05) is 13.8 Å². The van der Waals surface area contributed by atoms with E-state index < -0.39 is 0 Å². The third-order valence-corrected chi connectivity index (χ3v) is 5.38. The molecule has 0 amide bonds. The predicted octanol–water partition coefficient (Wildman–Crippen LogP) is 3.54. The Kier molecular flexibility index (Phi) is 4.26. The van der Waals surface area contributed by atoms with E-state index >= 15 is 0 Å². The van der Waals surface area contributed by atoms with Crippen LogP contribution in [0.15, 0.2) is 30.9 Å². The lowest BCUT2D eigenvalue weighted by molar-refractivity contribution is 0.659. The maximum atomic E-state index is 4.76. The molecular weight excluding hydrogens is 324 g/mol. The summed E-state index contributed by atoms with van der Waals surface area (Å²) in [6.07, 6.45) is 7.86. The minimum Gasteiger partial charge on any atom is -0.356 e. The molecule has 3 aromatic rings. The largest absolute Gasteiger partial charge is 0.356 e. The van der Waals surface area contributed by atoms with Crippen molar-refractivity contribution in [2.24, 2.45) is 13.0 Å². The molecule has 6 nitrogen and oxygen atoms in total. The summed E-state index contributed by atoms with van der Waals surface area (Å²) in [5, 5.41) is 0. The molecule has 0 saturated carbocycles. The van der Waals surface area contributed by atoms with Gasteiger partial charge in [-0.05, 0) is 30.4 Å². The van der Waals surface area contributed by atoms with Crippen LogP contribution in [-0.2, 0) is 13.5 Å². The van der Waals surface area contributed by atoms with Gasteiger partial charge in [-0.25, -0.2) is 15.0 Å². The number of hydrogen-bond donors (Lipinski definition) is 0. The van der Waals surface area contributed by atoms with E-state index in [2.05, 4.69) is 52.8 Å². The Labute approximate surface area is 154 Å². The fourth-order valence-electron chi connectivity index (χ4n) is 3.71. The Hall–Kier alpha value is -2.63. The molecule has 1 fully saturated rings. The van der Waals surface area contributed by atoms with E-state index in [4.69, 9.17) is 4.98 Å². The normalized spacial score (nSPS) is 17.2. The van der Waals surface area contributed by atoms with Crippen molar-refractivity contribution in [3.63, 3.8) is 0 Å². The van der Waals surface area contributed by atoms with Gasteiger partial charge in [0.05, 0.1) is 29.9 Å². The number of aromatic nitrogens is 4. The van der Waals surface area contributed by atoms with Crippen LogP contribution in [0.1, 0.15) is 25.8 Å². The molecule has 1 saturated heterocycles. The standard InChI is InChI=1S/C20H26N6/c1-5-15-8-20(26-7-6-14(2)12-26)22-11-18(15)25(4)19-9-17-16(10-21-19)23-13-24(17)3/h8-11,13-14H,5-7,12H2,1-4H3. The fraction of sp³-hybridized carbons (Fsp3) is 0.450. The van der Waals surface area contributed by atoms with Gasteiger partial charge in [0.1, 0.15) is 17.2 Å². The van der Waals surface area contributed by atoms with Crippen molar-refractivity contribution in [3.8, 4) is 0 Å². The number of fused-ring (bicyclic) bond motifs is 1. The summed E-state index contributed by atoms with van der Waals surface area (Å²) in [5.74, 6) is 2.75. The smallest absolute Gasteiger partial charge is 0.134 e. The Balaban J connectivity index is 1.67. The van der Waals surface area contributed by atoms with Crippen LogP contribution in [0.5, 0.6) is 0 Å². The molecular formula is C20H26N6. The van der Waals surface area contributed by atoms with Crippen molar-refractivity contribution >= 4 is 28.4 Å². The molecule has 26 heavy (non-hydrogen) atoms. The average Bonchev–Trinajstić information content (AvgIpc) is 3.26. The molecule has 0 aliphatic carbocycles. The number of rotatable bonds is 4. The minimum atomic E-state index is 0.749. The number of imidazole rings is 1. The summed E-state index contributed by atoms with van der Waals surface area (Å²) in [5.41, 5.74) is 4.40.